The Labute approximate surface area is 101 Å². The number of hydrogen-bond acceptors (Lipinski definition) is 3. The van der Waals surface area contributed by atoms with Crippen molar-refractivity contribution < 1.29 is 4.79 Å². The minimum Gasteiger partial charge on any atom is -0.366 e. The third-order valence-electron chi connectivity index (χ3n) is 2.80. The van der Waals surface area contributed by atoms with E-state index in [1.807, 2.05) is 6.07 Å². The smallest absolute Gasteiger partial charge is 0.265 e. The number of carbonyl (C=O) groups is 1. The maximum Gasteiger partial charge on any atom is 0.265 e. The number of nitrogens with zero attached hydrogens (tertiary/aromatic N) is 2. The first-order valence-electron chi connectivity index (χ1n) is 5.38. The molecule has 18 heavy (non-hydrogen) atoms. The van der Waals surface area contributed by atoms with Gasteiger partial charge in [-0.2, -0.15) is 0 Å². The van der Waals surface area contributed by atoms with E-state index in [0.717, 1.165) is 0 Å². The maximum atomic E-state index is 12.2. The van der Waals surface area contributed by atoms with E-state index in [2.05, 4.69) is 4.98 Å². The minimum atomic E-state index is -0.561. The average molecular weight is 239 g/mol. The molecular weight excluding hydrogens is 230 g/mol. The Bertz CT molecular complexity index is 836. The van der Waals surface area contributed by atoms with Crippen molar-refractivity contribution in [1.29, 1.82) is 0 Å². The van der Waals surface area contributed by atoms with Crippen molar-refractivity contribution in [3.63, 3.8) is 0 Å². The molecule has 0 unspecified atom stereocenters. The lowest BCUT2D eigenvalue weighted by Gasteiger charge is -2.03. The number of nitrogens with two attached hydrogens (primary N) is 1. The van der Waals surface area contributed by atoms with Crippen LogP contribution in [-0.2, 0) is 0 Å². The van der Waals surface area contributed by atoms with Crippen molar-refractivity contribution in [3.05, 3.63) is 58.5 Å². The molecule has 0 aliphatic rings. The summed E-state index contributed by atoms with van der Waals surface area (Å²) in [6.45, 7) is 0. The zero-order chi connectivity index (χ0) is 12.7. The normalized spacial score (nSPS) is 10.9. The fraction of sp³-hybridized carbons (Fsp3) is 0. The Morgan fingerprint density at radius 2 is 2.06 bits per heavy atom. The van der Waals surface area contributed by atoms with Gasteiger partial charge in [0, 0.05) is 11.8 Å². The molecule has 3 aromatic rings. The second-order valence-electron chi connectivity index (χ2n) is 3.94. The van der Waals surface area contributed by atoms with Gasteiger partial charge in [0.15, 0.2) is 0 Å². The highest BCUT2D eigenvalue weighted by atomic mass is 16.1. The van der Waals surface area contributed by atoms with Crippen LogP contribution in [0.3, 0.4) is 0 Å². The first-order valence-corrected chi connectivity index (χ1v) is 5.38. The summed E-state index contributed by atoms with van der Waals surface area (Å²) in [5, 5.41) is 0.384. The first-order chi connectivity index (χ1) is 8.66. The van der Waals surface area contributed by atoms with Crippen LogP contribution in [0.1, 0.15) is 10.4 Å². The first kappa shape index (κ1) is 10.5. The van der Waals surface area contributed by atoms with Gasteiger partial charge in [0.2, 0.25) is 5.91 Å². The largest absolute Gasteiger partial charge is 0.366 e. The second kappa shape index (κ2) is 3.66. The Kier molecular flexibility index (Phi) is 2.13. The number of aromatic nitrogens is 2. The molecule has 2 N–H and O–H groups in total. The van der Waals surface area contributed by atoms with Crippen LogP contribution in [0.15, 0.2) is 47.4 Å². The van der Waals surface area contributed by atoms with Crippen molar-refractivity contribution >= 4 is 22.5 Å². The van der Waals surface area contributed by atoms with E-state index in [1.54, 1.807) is 30.5 Å². The predicted molar refractivity (Wildman–Crippen MR) is 67.5 cm³/mol. The molecule has 1 aromatic carbocycles. The van der Waals surface area contributed by atoms with Gasteiger partial charge in [-0.3, -0.25) is 14.0 Å². The summed E-state index contributed by atoms with van der Waals surface area (Å²) in [4.78, 5) is 27.7. The summed E-state index contributed by atoms with van der Waals surface area (Å²) in [5.41, 5.74) is 6.42. The summed E-state index contributed by atoms with van der Waals surface area (Å²) in [6.07, 6.45) is 1.64. The number of pyridine rings is 1. The molecule has 2 aromatic heterocycles. The van der Waals surface area contributed by atoms with E-state index in [0.29, 0.717) is 22.1 Å². The summed E-state index contributed by atoms with van der Waals surface area (Å²) in [7, 11) is 0. The highest BCUT2D eigenvalue weighted by Gasteiger charge is 2.07. The Morgan fingerprint density at radius 1 is 1.22 bits per heavy atom. The van der Waals surface area contributed by atoms with E-state index in [-0.39, 0.29) is 5.56 Å². The Hall–Kier alpha value is -2.69. The van der Waals surface area contributed by atoms with E-state index >= 15 is 0 Å². The lowest BCUT2D eigenvalue weighted by molar-refractivity contribution is 0.100. The van der Waals surface area contributed by atoms with Crippen molar-refractivity contribution in [3.8, 4) is 0 Å². The maximum absolute atomic E-state index is 12.2. The van der Waals surface area contributed by atoms with Crippen molar-refractivity contribution in [2.45, 2.75) is 0 Å². The summed E-state index contributed by atoms with van der Waals surface area (Å²) in [6, 6.07) is 9.99. The van der Waals surface area contributed by atoms with Crippen LogP contribution in [0.2, 0.25) is 0 Å². The fourth-order valence-corrected chi connectivity index (χ4v) is 1.91. The monoisotopic (exact) mass is 239 g/mol. The zero-order valence-corrected chi connectivity index (χ0v) is 9.33. The molecule has 5 nitrogen and oxygen atoms in total. The molecule has 0 aliphatic heterocycles. The Morgan fingerprint density at radius 3 is 2.83 bits per heavy atom. The molecule has 1 amide bonds. The van der Waals surface area contributed by atoms with E-state index in [1.165, 1.54) is 10.5 Å². The SMILES string of the molecule is NC(=O)c1ccc2nc3ccccn3c(=O)c2c1. The van der Waals surface area contributed by atoms with Gasteiger partial charge in [0.1, 0.15) is 5.65 Å². The highest BCUT2D eigenvalue weighted by molar-refractivity contribution is 5.96. The molecular formula is C13H9N3O2. The average Bonchev–Trinajstić information content (AvgIpc) is 2.38. The number of primary amides is 1. The predicted octanol–water partition coefficient (Wildman–Crippen LogP) is 0.947. The molecule has 0 aliphatic carbocycles. The van der Waals surface area contributed by atoms with Gasteiger partial charge >= 0.3 is 0 Å². The molecule has 88 valence electrons. The number of benzene rings is 1. The molecule has 0 saturated heterocycles. The molecule has 2 heterocycles. The molecule has 0 radical (unpaired) electrons. The summed E-state index contributed by atoms with van der Waals surface area (Å²) < 4.78 is 1.44. The highest BCUT2D eigenvalue weighted by Crippen LogP contribution is 2.11. The van der Waals surface area contributed by atoms with Gasteiger partial charge in [-0.25, -0.2) is 4.98 Å². The van der Waals surface area contributed by atoms with Crippen LogP contribution >= 0.6 is 0 Å². The number of fused-ring (bicyclic) bond motifs is 2. The third kappa shape index (κ3) is 1.45. The van der Waals surface area contributed by atoms with Crippen LogP contribution in [0, 0.1) is 0 Å². The number of hydrogen-bond donors (Lipinski definition) is 1. The van der Waals surface area contributed by atoms with E-state index in [4.69, 9.17) is 5.73 Å². The van der Waals surface area contributed by atoms with Crippen molar-refractivity contribution in [2.75, 3.05) is 0 Å². The topological polar surface area (TPSA) is 77.5 Å². The zero-order valence-electron chi connectivity index (χ0n) is 9.33. The van der Waals surface area contributed by atoms with Gasteiger partial charge in [0.05, 0.1) is 10.9 Å². The molecule has 3 rings (SSSR count). The number of rotatable bonds is 1. The van der Waals surface area contributed by atoms with Gasteiger partial charge < -0.3 is 5.73 Å². The molecule has 0 spiro atoms. The van der Waals surface area contributed by atoms with Crippen molar-refractivity contribution in [1.82, 2.24) is 9.38 Å². The van der Waals surface area contributed by atoms with Gasteiger partial charge in [-0.05, 0) is 30.3 Å². The van der Waals surface area contributed by atoms with Crippen LogP contribution in [0.4, 0.5) is 0 Å². The summed E-state index contributed by atoms with van der Waals surface area (Å²) >= 11 is 0. The second-order valence-corrected chi connectivity index (χ2v) is 3.94. The minimum absolute atomic E-state index is 0.210. The summed E-state index contributed by atoms with van der Waals surface area (Å²) in [5.74, 6) is -0.561. The quantitative estimate of drug-likeness (QED) is 0.642. The third-order valence-corrected chi connectivity index (χ3v) is 2.80. The van der Waals surface area contributed by atoms with E-state index < -0.39 is 5.91 Å². The van der Waals surface area contributed by atoms with Gasteiger partial charge in [-0.15, -0.1) is 0 Å². The standard InChI is InChI=1S/C13H9N3O2/c14-12(17)8-4-5-10-9(7-8)13(18)16-6-2-1-3-11(16)15-10/h1-7H,(H2,14,17). The lowest BCUT2D eigenvalue weighted by Crippen LogP contribution is -2.16. The van der Waals surface area contributed by atoms with Crippen LogP contribution in [-0.4, -0.2) is 15.3 Å². The van der Waals surface area contributed by atoms with Gasteiger partial charge in [-0.1, -0.05) is 6.07 Å². The number of amides is 1. The molecule has 0 bridgehead atoms. The van der Waals surface area contributed by atoms with Crippen LogP contribution < -0.4 is 11.3 Å². The van der Waals surface area contributed by atoms with Crippen LogP contribution in [0.5, 0.6) is 0 Å². The van der Waals surface area contributed by atoms with Gasteiger partial charge in [0.25, 0.3) is 5.56 Å². The molecule has 0 atom stereocenters. The molecule has 0 fully saturated rings. The fourth-order valence-electron chi connectivity index (χ4n) is 1.91. The van der Waals surface area contributed by atoms with Crippen LogP contribution in [0.25, 0.3) is 16.6 Å². The molecule has 0 saturated carbocycles. The van der Waals surface area contributed by atoms with Crippen molar-refractivity contribution in [2.24, 2.45) is 5.73 Å². The number of carbonyl (C=O) groups excluding carboxylic acids is 1. The van der Waals surface area contributed by atoms with E-state index in [9.17, 15) is 9.59 Å². The lowest BCUT2D eigenvalue weighted by atomic mass is 10.1. The molecule has 5 heteroatoms. The Balaban J connectivity index is 2.49.